The molecular weight excluding hydrogens is 260 g/mol. The maximum absolute atomic E-state index is 12.9. The van der Waals surface area contributed by atoms with Gasteiger partial charge in [0.1, 0.15) is 0 Å². The van der Waals surface area contributed by atoms with Crippen molar-refractivity contribution in [3.63, 3.8) is 0 Å². The predicted octanol–water partition coefficient (Wildman–Crippen LogP) is 3.05. The van der Waals surface area contributed by atoms with Crippen molar-refractivity contribution in [1.82, 2.24) is 10.2 Å². The average molecular weight is 286 g/mol. The Hall–Kier alpha value is -1.35. The highest BCUT2D eigenvalue weighted by Gasteiger charge is 2.35. The normalized spacial score (nSPS) is 22.1. The van der Waals surface area contributed by atoms with Crippen molar-refractivity contribution in [3.05, 3.63) is 34.9 Å². The standard InChI is InChI=1S/C18H26N2O/c1-13-6-9-17(14(2)11-13)18(21)20(16-7-8-16)12-15-5-3-4-10-19-15/h6,9,11,15-16,19H,3-5,7-8,10,12H2,1-2H3. The Morgan fingerprint density at radius 3 is 2.67 bits per heavy atom. The largest absolute Gasteiger partial charge is 0.334 e. The topological polar surface area (TPSA) is 32.3 Å². The molecule has 1 saturated heterocycles. The Morgan fingerprint density at radius 1 is 1.24 bits per heavy atom. The second-order valence-electron chi connectivity index (χ2n) is 6.65. The van der Waals surface area contributed by atoms with E-state index in [1.54, 1.807) is 0 Å². The van der Waals surface area contributed by atoms with E-state index in [0.29, 0.717) is 12.1 Å². The average Bonchev–Trinajstić information content (AvgIpc) is 3.30. The summed E-state index contributed by atoms with van der Waals surface area (Å²) in [7, 11) is 0. The van der Waals surface area contributed by atoms with E-state index in [1.165, 1.54) is 37.7 Å². The smallest absolute Gasteiger partial charge is 0.254 e. The first-order chi connectivity index (χ1) is 10.1. The van der Waals surface area contributed by atoms with E-state index < -0.39 is 0 Å². The second kappa shape index (κ2) is 6.18. The van der Waals surface area contributed by atoms with Crippen LogP contribution in [-0.2, 0) is 0 Å². The first kappa shape index (κ1) is 14.6. The van der Waals surface area contributed by atoms with E-state index in [2.05, 4.69) is 23.2 Å². The number of aryl methyl sites for hydroxylation is 2. The van der Waals surface area contributed by atoms with Gasteiger partial charge in [0.2, 0.25) is 0 Å². The summed E-state index contributed by atoms with van der Waals surface area (Å²) in [6.07, 6.45) is 6.09. The molecule has 3 rings (SSSR count). The summed E-state index contributed by atoms with van der Waals surface area (Å²) in [4.78, 5) is 15.1. The quantitative estimate of drug-likeness (QED) is 0.922. The minimum Gasteiger partial charge on any atom is -0.334 e. The molecule has 1 N–H and O–H groups in total. The monoisotopic (exact) mass is 286 g/mol. The number of benzene rings is 1. The van der Waals surface area contributed by atoms with Crippen LogP contribution in [0.4, 0.5) is 0 Å². The Kier molecular flexibility index (Phi) is 4.29. The highest BCUT2D eigenvalue weighted by atomic mass is 16.2. The highest BCUT2D eigenvalue weighted by Crippen LogP contribution is 2.29. The minimum absolute atomic E-state index is 0.224. The summed E-state index contributed by atoms with van der Waals surface area (Å²) in [6.45, 7) is 6.09. The van der Waals surface area contributed by atoms with Crippen LogP contribution in [0.5, 0.6) is 0 Å². The number of nitrogens with one attached hydrogen (secondary N) is 1. The van der Waals surface area contributed by atoms with Crippen molar-refractivity contribution >= 4 is 5.91 Å². The van der Waals surface area contributed by atoms with Crippen molar-refractivity contribution in [3.8, 4) is 0 Å². The zero-order chi connectivity index (χ0) is 14.8. The van der Waals surface area contributed by atoms with Crippen LogP contribution < -0.4 is 5.32 Å². The lowest BCUT2D eigenvalue weighted by atomic mass is 10.0. The number of carbonyl (C=O) groups is 1. The van der Waals surface area contributed by atoms with Gasteiger partial charge in [-0.1, -0.05) is 24.1 Å². The molecule has 21 heavy (non-hydrogen) atoms. The third-order valence-electron chi connectivity index (χ3n) is 4.69. The van der Waals surface area contributed by atoms with Gasteiger partial charge in [-0.3, -0.25) is 4.79 Å². The molecule has 1 aliphatic carbocycles. The van der Waals surface area contributed by atoms with Crippen molar-refractivity contribution < 1.29 is 4.79 Å². The predicted molar refractivity (Wildman–Crippen MR) is 85.6 cm³/mol. The van der Waals surface area contributed by atoms with Gasteiger partial charge < -0.3 is 10.2 Å². The molecule has 3 nitrogen and oxygen atoms in total. The van der Waals surface area contributed by atoms with Crippen LogP contribution in [0.15, 0.2) is 18.2 Å². The molecule has 1 aliphatic heterocycles. The molecule has 0 aromatic heterocycles. The molecule has 0 bridgehead atoms. The minimum atomic E-state index is 0.224. The van der Waals surface area contributed by atoms with Crippen LogP contribution in [0, 0.1) is 13.8 Å². The van der Waals surface area contributed by atoms with Gasteiger partial charge in [-0.2, -0.15) is 0 Å². The van der Waals surface area contributed by atoms with E-state index >= 15 is 0 Å². The van der Waals surface area contributed by atoms with Crippen molar-refractivity contribution in [2.24, 2.45) is 0 Å². The second-order valence-corrected chi connectivity index (χ2v) is 6.65. The Morgan fingerprint density at radius 2 is 2.05 bits per heavy atom. The summed E-state index contributed by atoms with van der Waals surface area (Å²) < 4.78 is 0. The van der Waals surface area contributed by atoms with Crippen LogP contribution in [-0.4, -0.2) is 36.0 Å². The van der Waals surface area contributed by atoms with Crippen molar-refractivity contribution in [2.45, 2.75) is 58.0 Å². The molecule has 1 heterocycles. The number of piperidine rings is 1. The van der Waals surface area contributed by atoms with E-state index in [0.717, 1.165) is 24.2 Å². The summed E-state index contributed by atoms with van der Waals surface area (Å²) in [5.41, 5.74) is 3.20. The fourth-order valence-corrected chi connectivity index (χ4v) is 3.31. The van der Waals surface area contributed by atoms with E-state index in [4.69, 9.17) is 0 Å². The molecule has 1 unspecified atom stereocenters. The zero-order valence-corrected chi connectivity index (χ0v) is 13.2. The SMILES string of the molecule is Cc1ccc(C(=O)N(CC2CCCCN2)C2CC2)c(C)c1. The number of hydrogen-bond acceptors (Lipinski definition) is 2. The summed E-state index contributed by atoms with van der Waals surface area (Å²) >= 11 is 0. The molecule has 1 aromatic carbocycles. The van der Waals surface area contributed by atoms with Crippen LogP contribution in [0.25, 0.3) is 0 Å². The molecule has 114 valence electrons. The lowest BCUT2D eigenvalue weighted by molar-refractivity contribution is 0.0717. The lowest BCUT2D eigenvalue weighted by Crippen LogP contribution is -2.46. The van der Waals surface area contributed by atoms with E-state index in [9.17, 15) is 4.79 Å². The Bertz CT molecular complexity index is 516. The van der Waals surface area contributed by atoms with E-state index in [-0.39, 0.29) is 5.91 Å². The van der Waals surface area contributed by atoms with Gasteiger partial charge in [0.05, 0.1) is 0 Å². The number of rotatable bonds is 4. The van der Waals surface area contributed by atoms with Gasteiger partial charge in [0, 0.05) is 24.2 Å². The molecule has 1 amide bonds. The molecule has 0 radical (unpaired) electrons. The lowest BCUT2D eigenvalue weighted by Gasteiger charge is -2.31. The van der Waals surface area contributed by atoms with Gasteiger partial charge in [0.25, 0.3) is 5.91 Å². The molecule has 1 aromatic rings. The Labute approximate surface area is 127 Å². The Balaban J connectivity index is 1.75. The summed E-state index contributed by atoms with van der Waals surface area (Å²) in [5, 5.41) is 3.57. The van der Waals surface area contributed by atoms with Crippen LogP contribution in [0.2, 0.25) is 0 Å². The fraction of sp³-hybridized carbons (Fsp3) is 0.611. The van der Waals surface area contributed by atoms with Gasteiger partial charge in [0.15, 0.2) is 0 Å². The van der Waals surface area contributed by atoms with Crippen LogP contribution >= 0.6 is 0 Å². The zero-order valence-electron chi connectivity index (χ0n) is 13.2. The number of nitrogens with zero attached hydrogens (tertiary/aromatic N) is 1. The highest BCUT2D eigenvalue weighted by molar-refractivity contribution is 5.96. The fourth-order valence-electron chi connectivity index (χ4n) is 3.31. The molecule has 2 aliphatic rings. The number of amides is 1. The molecule has 0 spiro atoms. The molecule has 3 heteroatoms. The maximum atomic E-state index is 12.9. The molecule has 1 saturated carbocycles. The van der Waals surface area contributed by atoms with Crippen LogP contribution in [0.3, 0.4) is 0 Å². The summed E-state index contributed by atoms with van der Waals surface area (Å²) in [5.74, 6) is 0.224. The first-order valence-corrected chi connectivity index (χ1v) is 8.27. The maximum Gasteiger partial charge on any atom is 0.254 e. The van der Waals surface area contributed by atoms with Crippen molar-refractivity contribution in [1.29, 1.82) is 0 Å². The van der Waals surface area contributed by atoms with Gasteiger partial charge in [-0.15, -0.1) is 0 Å². The first-order valence-electron chi connectivity index (χ1n) is 8.27. The van der Waals surface area contributed by atoms with Gasteiger partial charge in [-0.25, -0.2) is 0 Å². The summed E-state index contributed by atoms with van der Waals surface area (Å²) in [6, 6.07) is 7.11. The number of hydrogen-bond donors (Lipinski definition) is 1. The number of carbonyl (C=O) groups excluding carboxylic acids is 1. The van der Waals surface area contributed by atoms with Crippen LogP contribution in [0.1, 0.15) is 53.6 Å². The van der Waals surface area contributed by atoms with Gasteiger partial charge in [-0.05, 0) is 57.7 Å². The molecule has 1 atom stereocenters. The van der Waals surface area contributed by atoms with E-state index in [1.807, 2.05) is 19.1 Å². The molecule has 2 fully saturated rings. The molecular formula is C18H26N2O. The third-order valence-corrected chi connectivity index (χ3v) is 4.69. The third kappa shape index (κ3) is 3.46. The van der Waals surface area contributed by atoms with Crippen molar-refractivity contribution in [2.75, 3.05) is 13.1 Å². The van der Waals surface area contributed by atoms with Gasteiger partial charge >= 0.3 is 0 Å².